The van der Waals surface area contributed by atoms with Crippen LogP contribution in [0.5, 0.6) is 0 Å². The number of hydrogen-bond acceptors (Lipinski definition) is 4. The zero-order valence-electron chi connectivity index (χ0n) is 19.1. The second kappa shape index (κ2) is 11.0. The number of carbonyl (C=O) groups excluding carboxylic acids is 2. The third kappa shape index (κ3) is 6.56. The van der Waals surface area contributed by atoms with Gasteiger partial charge in [0, 0.05) is 17.6 Å². The highest BCUT2D eigenvalue weighted by Crippen LogP contribution is 2.25. The van der Waals surface area contributed by atoms with Crippen LogP contribution in [0.3, 0.4) is 0 Å². The Hall–Kier alpha value is -2.39. The second-order valence-electron chi connectivity index (χ2n) is 7.71. The van der Waals surface area contributed by atoms with Crippen LogP contribution in [0, 0.1) is 13.8 Å². The fraction of sp³-hybridized carbons (Fsp3) is 0.391. The van der Waals surface area contributed by atoms with E-state index in [0.29, 0.717) is 12.2 Å². The van der Waals surface area contributed by atoms with Gasteiger partial charge >= 0.3 is 0 Å². The third-order valence-corrected chi connectivity index (χ3v) is 6.96. The zero-order chi connectivity index (χ0) is 24.1. The predicted molar refractivity (Wildman–Crippen MR) is 131 cm³/mol. The molecule has 1 unspecified atom stereocenters. The molecule has 7 nitrogen and oxygen atoms in total. The maximum absolute atomic E-state index is 13.4. The summed E-state index contributed by atoms with van der Waals surface area (Å²) in [6.07, 6.45) is 1.08. The number of rotatable bonds is 9. The molecular formula is C23H30BrN3O4S. The van der Waals surface area contributed by atoms with E-state index in [-0.39, 0.29) is 12.5 Å². The van der Waals surface area contributed by atoms with E-state index in [1.54, 1.807) is 26.0 Å². The van der Waals surface area contributed by atoms with Crippen molar-refractivity contribution in [2.45, 2.75) is 40.3 Å². The van der Waals surface area contributed by atoms with Gasteiger partial charge in [0.25, 0.3) is 0 Å². The quantitative estimate of drug-likeness (QED) is 0.545. The molecule has 2 rings (SSSR count). The number of nitrogens with zero attached hydrogens (tertiary/aromatic N) is 2. The molecule has 0 aromatic heterocycles. The van der Waals surface area contributed by atoms with E-state index >= 15 is 0 Å². The van der Waals surface area contributed by atoms with Gasteiger partial charge in [-0.05, 0) is 62.6 Å². The van der Waals surface area contributed by atoms with E-state index in [0.717, 1.165) is 31.7 Å². The van der Waals surface area contributed by atoms with Gasteiger partial charge in [0.2, 0.25) is 21.8 Å². The number of nitrogens with one attached hydrogen (secondary N) is 1. The van der Waals surface area contributed by atoms with Crippen molar-refractivity contribution < 1.29 is 18.0 Å². The van der Waals surface area contributed by atoms with Crippen LogP contribution in [-0.2, 0) is 26.2 Å². The molecular weight excluding hydrogens is 494 g/mol. The normalized spacial score (nSPS) is 12.2. The van der Waals surface area contributed by atoms with Crippen molar-refractivity contribution in [1.29, 1.82) is 0 Å². The van der Waals surface area contributed by atoms with Gasteiger partial charge < -0.3 is 10.2 Å². The maximum Gasteiger partial charge on any atom is 0.244 e. The SMILES string of the molecule is CCNC(=O)C(C)N(Cc1ccc(Br)cc1)C(=O)CN(c1cccc(C)c1C)S(C)(=O)=O. The maximum atomic E-state index is 13.4. The van der Waals surface area contributed by atoms with E-state index in [2.05, 4.69) is 21.2 Å². The van der Waals surface area contributed by atoms with Crippen molar-refractivity contribution >= 4 is 43.5 Å². The zero-order valence-corrected chi connectivity index (χ0v) is 21.5. The summed E-state index contributed by atoms with van der Waals surface area (Å²) >= 11 is 3.39. The van der Waals surface area contributed by atoms with Crippen LogP contribution >= 0.6 is 15.9 Å². The van der Waals surface area contributed by atoms with Crippen LogP contribution in [0.25, 0.3) is 0 Å². The topological polar surface area (TPSA) is 86.8 Å². The lowest BCUT2D eigenvalue weighted by Crippen LogP contribution is -2.51. The molecule has 0 aliphatic carbocycles. The van der Waals surface area contributed by atoms with Crippen molar-refractivity contribution in [3.05, 3.63) is 63.6 Å². The Labute approximate surface area is 199 Å². The molecule has 32 heavy (non-hydrogen) atoms. The summed E-state index contributed by atoms with van der Waals surface area (Å²) in [5, 5.41) is 2.74. The molecule has 0 fully saturated rings. The van der Waals surface area contributed by atoms with Crippen LogP contribution in [0.1, 0.15) is 30.5 Å². The first-order valence-electron chi connectivity index (χ1n) is 10.3. The Kier molecular flexibility index (Phi) is 8.86. The van der Waals surface area contributed by atoms with Crippen molar-refractivity contribution in [2.75, 3.05) is 23.7 Å². The molecule has 0 heterocycles. The summed E-state index contributed by atoms with van der Waals surface area (Å²) in [4.78, 5) is 27.4. The number of hydrogen-bond donors (Lipinski definition) is 1. The summed E-state index contributed by atoms with van der Waals surface area (Å²) < 4.78 is 27.3. The van der Waals surface area contributed by atoms with Crippen LogP contribution in [-0.4, -0.2) is 50.5 Å². The molecule has 0 aliphatic heterocycles. The van der Waals surface area contributed by atoms with Crippen LogP contribution in [0.2, 0.25) is 0 Å². The Morgan fingerprint density at radius 3 is 2.28 bits per heavy atom. The minimum atomic E-state index is -3.74. The van der Waals surface area contributed by atoms with E-state index in [1.165, 1.54) is 4.90 Å². The summed E-state index contributed by atoms with van der Waals surface area (Å²) in [6, 6.07) is 12.0. The highest BCUT2D eigenvalue weighted by molar-refractivity contribution is 9.10. The summed E-state index contributed by atoms with van der Waals surface area (Å²) in [7, 11) is -3.74. The number of halogens is 1. The van der Waals surface area contributed by atoms with Gasteiger partial charge in [-0.15, -0.1) is 0 Å². The van der Waals surface area contributed by atoms with Crippen molar-refractivity contribution in [3.8, 4) is 0 Å². The van der Waals surface area contributed by atoms with Gasteiger partial charge in [0.1, 0.15) is 12.6 Å². The monoisotopic (exact) mass is 523 g/mol. The molecule has 9 heteroatoms. The summed E-state index contributed by atoms with van der Waals surface area (Å²) in [5.74, 6) is -0.756. The van der Waals surface area contributed by atoms with Gasteiger partial charge in [-0.25, -0.2) is 8.42 Å². The number of likely N-dealkylation sites (N-methyl/N-ethyl adjacent to an activating group) is 1. The molecule has 2 aromatic carbocycles. The number of benzene rings is 2. The molecule has 0 spiro atoms. The Bertz CT molecular complexity index is 1070. The van der Waals surface area contributed by atoms with Gasteiger partial charge in [-0.1, -0.05) is 40.2 Å². The molecule has 0 saturated heterocycles. The number of aryl methyl sites for hydroxylation is 1. The molecule has 0 radical (unpaired) electrons. The van der Waals surface area contributed by atoms with Crippen LogP contribution in [0.4, 0.5) is 5.69 Å². The Morgan fingerprint density at radius 1 is 1.09 bits per heavy atom. The average molecular weight is 524 g/mol. The lowest BCUT2D eigenvalue weighted by molar-refractivity contribution is -0.139. The fourth-order valence-electron chi connectivity index (χ4n) is 3.29. The third-order valence-electron chi connectivity index (χ3n) is 5.31. The molecule has 2 amide bonds. The lowest BCUT2D eigenvalue weighted by Gasteiger charge is -2.32. The first-order valence-corrected chi connectivity index (χ1v) is 12.9. The first-order chi connectivity index (χ1) is 15.0. The van der Waals surface area contributed by atoms with Crippen molar-refractivity contribution in [3.63, 3.8) is 0 Å². The molecule has 0 saturated carbocycles. The standard InChI is InChI=1S/C23H30BrN3O4S/c1-6-25-23(29)18(4)26(14-19-10-12-20(24)13-11-19)22(28)15-27(32(5,30)31)21-9-7-8-16(2)17(21)3/h7-13,18H,6,14-15H2,1-5H3,(H,25,29). The number of anilines is 1. The summed E-state index contributed by atoms with van der Waals surface area (Å²) in [6.45, 7) is 7.36. The van der Waals surface area contributed by atoms with E-state index < -0.39 is 28.5 Å². The smallest absolute Gasteiger partial charge is 0.244 e. The fourth-order valence-corrected chi connectivity index (χ4v) is 4.46. The average Bonchev–Trinajstić information content (AvgIpc) is 2.72. The lowest BCUT2D eigenvalue weighted by atomic mass is 10.1. The molecule has 174 valence electrons. The molecule has 1 N–H and O–H groups in total. The molecule has 0 aliphatic rings. The minimum absolute atomic E-state index is 0.175. The predicted octanol–water partition coefficient (Wildman–Crippen LogP) is 3.39. The van der Waals surface area contributed by atoms with Gasteiger partial charge in [0.05, 0.1) is 11.9 Å². The number of amides is 2. The Morgan fingerprint density at radius 2 is 1.72 bits per heavy atom. The molecule has 2 aromatic rings. The van der Waals surface area contributed by atoms with E-state index in [4.69, 9.17) is 0 Å². The Balaban J connectivity index is 2.42. The van der Waals surface area contributed by atoms with Gasteiger partial charge in [-0.3, -0.25) is 13.9 Å². The largest absolute Gasteiger partial charge is 0.355 e. The van der Waals surface area contributed by atoms with E-state index in [9.17, 15) is 18.0 Å². The minimum Gasteiger partial charge on any atom is -0.355 e. The van der Waals surface area contributed by atoms with Gasteiger partial charge in [-0.2, -0.15) is 0 Å². The molecule has 1 atom stereocenters. The van der Waals surface area contributed by atoms with E-state index in [1.807, 2.05) is 44.2 Å². The van der Waals surface area contributed by atoms with Gasteiger partial charge in [0.15, 0.2) is 0 Å². The number of carbonyl (C=O) groups is 2. The first kappa shape index (κ1) is 25.9. The molecule has 0 bridgehead atoms. The van der Waals surface area contributed by atoms with Crippen molar-refractivity contribution in [2.24, 2.45) is 0 Å². The highest BCUT2D eigenvalue weighted by atomic mass is 79.9. The second-order valence-corrected chi connectivity index (χ2v) is 10.5. The summed E-state index contributed by atoms with van der Waals surface area (Å²) in [5.41, 5.74) is 2.98. The van der Waals surface area contributed by atoms with Crippen LogP contribution in [0.15, 0.2) is 46.9 Å². The highest BCUT2D eigenvalue weighted by Gasteiger charge is 2.30. The van der Waals surface area contributed by atoms with Crippen molar-refractivity contribution in [1.82, 2.24) is 10.2 Å². The van der Waals surface area contributed by atoms with Crippen LogP contribution < -0.4 is 9.62 Å². The number of sulfonamides is 1.